The summed E-state index contributed by atoms with van der Waals surface area (Å²) in [4.78, 5) is 16.9. The van der Waals surface area contributed by atoms with Crippen molar-refractivity contribution in [2.24, 2.45) is 0 Å². The van der Waals surface area contributed by atoms with Crippen molar-refractivity contribution in [2.45, 2.75) is 34.2 Å². The Morgan fingerprint density at radius 3 is 2.46 bits per heavy atom. The maximum Gasteiger partial charge on any atom is 0.253 e. The van der Waals surface area contributed by atoms with Crippen LogP contribution in [0.1, 0.15) is 39.1 Å². The minimum Gasteiger partial charge on any atom is -0.497 e. The number of hydrogen-bond acceptors (Lipinski definition) is 4. The second kappa shape index (κ2) is 7.07. The van der Waals surface area contributed by atoms with Gasteiger partial charge >= 0.3 is 0 Å². The average molecular weight is 353 g/mol. The highest BCUT2D eigenvalue weighted by Gasteiger charge is 2.17. The lowest BCUT2D eigenvalue weighted by Crippen LogP contribution is -2.23. The summed E-state index contributed by atoms with van der Waals surface area (Å²) in [6.45, 7) is 7.92. The molecule has 0 spiro atoms. The Kier molecular flexibility index (Phi) is 4.84. The maximum absolute atomic E-state index is 12.6. The zero-order chi connectivity index (χ0) is 18.8. The lowest BCUT2D eigenvalue weighted by molar-refractivity contribution is 0.0946. The number of oxazole rings is 1. The fourth-order valence-electron chi connectivity index (χ4n) is 2.99. The van der Waals surface area contributed by atoms with Gasteiger partial charge in [-0.2, -0.15) is 0 Å². The molecule has 3 aromatic rings. The van der Waals surface area contributed by atoms with E-state index in [-0.39, 0.29) is 12.5 Å². The molecule has 2 aromatic heterocycles. The molecule has 2 heterocycles. The largest absolute Gasteiger partial charge is 0.497 e. The number of carbonyl (C=O) groups excluding carboxylic acids is 1. The summed E-state index contributed by atoms with van der Waals surface area (Å²) in [6.07, 6.45) is 0. The van der Waals surface area contributed by atoms with Crippen LogP contribution in [0.5, 0.6) is 5.75 Å². The predicted octanol–water partition coefficient (Wildman–Crippen LogP) is 3.64. The van der Waals surface area contributed by atoms with Gasteiger partial charge < -0.3 is 19.0 Å². The molecule has 6 nitrogen and oxygen atoms in total. The molecule has 1 amide bonds. The molecule has 1 N–H and O–H groups in total. The van der Waals surface area contributed by atoms with Gasteiger partial charge in [0.15, 0.2) is 0 Å². The van der Waals surface area contributed by atoms with Crippen LogP contribution < -0.4 is 10.1 Å². The van der Waals surface area contributed by atoms with E-state index in [4.69, 9.17) is 9.15 Å². The first-order chi connectivity index (χ1) is 12.4. The summed E-state index contributed by atoms with van der Waals surface area (Å²) >= 11 is 0. The van der Waals surface area contributed by atoms with E-state index in [9.17, 15) is 4.79 Å². The Labute approximate surface area is 152 Å². The number of rotatable bonds is 5. The number of aryl methyl sites for hydroxylation is 3. The summed E-state index contributed by atoms with van der Waals surface area (Å²) in [5, 5.41) is 2.88. The van der Waals surface area contributed by atoms with Crippen LogP contribution in [0.15, 0.2) is 34.7 Å². The summed E-state index contributed by atoms with van der Waals surface area (Å²) in [6, 6.07) is 9.64. The zero-order valence-electron chi connectivity index (χ0n) is 15.7. The van der Waals surface area contributed by atoms with Crippen molar-refractivity contribution in [3.63, 3.8) is 0 Å². The van der Waals surface area contributed by atoms with Crippen molar-refractivity contribution in [2.75, 3.05) is 7.11 Å². The number of hydrogen-bond donors (Lipinski definition) is 1. The molecule has 6 heteroatoms. The SMILES string of the molecule is COc1ccc(-n2c(C)cc(C(=O)NCc3nc(C)c(C)o3)c2C)cc1. The zero-order valence-corrected chi connectivity index (χ0v) is 15.7. The van der Waals surface area contributed by atoms with Gasteiger partial charge in [0.25, 0.3) is 5.91 Å². The van der Waals surface area contributed by atoms with Crippen molar-refractivity contribution in [1.82, 2.24) is 14.9 Å². The molecule has 0 fully saturated rings. The van der Waals surface area contributed by atoms with E-state index in [1.807, 2.05) is 62.6 Å². The first kappa shape index (κ1) is 17.8. The van der Waals surface area contributed by atoms with E-state index in [0.29, 0.717) is 11.5 Å². The number of ether oxygens (including phenoxy) is 1. The lowest BCUT2D eigenvalue weighted by Gasteiger charge is -2.11. The Hall–Kier alpha value is -3.02. The van der Waals surface area contributed by atoms with E-state index in [2.05, 4.69) is 10.3 Å². The normalized spacial score (nSPS) is 10.8. The molecule has 26 heavy (non-hydrogen) atoms. The smallest absolute Gasteiger partial charge is 0.253 e. The molecule has 0 saturated heterocycles. The minimum absolute atomic E-state index is 0.147. The molecule has 0 aliphatic heterocycles. The molecule has 0 bridgehead atoms. The standard InChI is InChI=1S/C20H23N3O3/c1-12-10-18(20(24)21-11-19-22-13(2)15(4)26-19)14(3)23(12)16-6-8-17(25-5)9-7-16/h6-10H,11H2,1-5H3,(H,21,24). The van der Waals surface area contributed by atoms with Gasteiger partial charge in [0.1, 0.15) is 11.5 Å². The van der Waals surface area contributed by atoms with E-state index in [1.54, 1.807) is 7.11 Å². The summed E-state index contributed by atoms with van der Waals surface area (Å²) < 4.78 is 12.8. The van der Waals surface area contributed by atoms with E-state index in [0.717, 1.165) is 34.3 Å². The Morgan fingerprint density at radius 1 is 1.19 bits per heavy atom. The number of amides is 1. The minimum atomic E-state index is -0.147. The monoisotopic (exact) mass is 353 g/mol. The fraction of sp³-hybridized carbons (Fsp3) is 0.300. The highest BCUT2D eigenvalue weighted by molar-refractivity contribution is 5.95. The van der Waals surface area contributed by atoms with Crippen LogP contribution in [-0.4, -0.2) is 22.6 Å². The summed E-state index contributed by atoms with van der Waals surface area (Å²) in [5.41, 5.74) is 4.33. The predicted molar refractivity (Wildman–Crippen MR) is 98.9 cm³/mol. The molecule has 0 atom stereocenters. The molecule has 0 unspecified atom stereocenters. The van der Waals surface area contributed by atoms with Gasteiger partial charge in [-0.15, -0.1) is 0 Å². The van der Waals surface area contributed by atoms with Crippen LogP contribution in [0.25, 0.3) is 5.69 Å². The second-order valence-electron chi connectivity index (χ2n) is 6.25. The Morgan fingerprint density at radius 2 is 1.88 bits per heavy atom. The molecular formula is C20H23N3O3. The van der Waals surface area contributed by atoms with Crippen LogP contribution in [0.3, 0.4) is 0 Å². The number of nitrogens with one attached hydrogen (secondary N) is 1. The number of benzene rings is 1. The Balaban J connectivity index is 1.80. The van der Waals surface area contributed by atoms with Gasteiger partial charge in [0.05, 0.1) is 24.9 Å². The number of aromatic nitrogens is 2. The molecular weight excluding hydrogens is 330 g/mol. The molecule has 1 aromatic carbocycles. The van der Waals surface area contributed by atoms with Gasteiger partial charge in [-0.05, 0) is 58.0 Å². The average Bonchev–Trinajstić information content (AvgIpc) is 3.11. The van der Waals surface area contributed by atoms with E-state index < -0.39 is 0 Å². The highest BCUT2D eigenvalue weighted by Crippen LogP contribution is 2.23. The molecule has 0 radical (unpaired) electrons. The summed E-state index contributed by atoms with van der Waals surface area (Å²) in [5.74, 6) is 1.93. The van der Waals surface area contributed by atoms with Crippen LogP contribution >= 0.6 is 0 Å². The van der Waals surface area contributed by atoms with Gasteiger partial charge in [0, 0.05) is 17.1 Å². The third-order valence-electron chi connectivity index (χ3n) is 4.48. The van der Waals surface area contributed by atoms with Gasteiger partial charge in [-0.3, -0.25) is 4.79 Å². The highest BCUT2D eigenvalue weighted by atomic mass is 16.5. The quantitative estimate of drug-likeness (QED) is 0.760. The first-order valence-corrected chi connectivity index (χ1v) is 8.45. The molecule has 0 saturated carbocycles. The number of nitrogens with zero attached hydrogens (tertiary/aromatic N) is 2. The third kappa shape index (κ3) is 3.35. The lowest BCUT2D eigenvalue weighted by atomic mass is 10.2. The van der Waals surface area contributed by atoms with Gasteiger partial charge in [0.2, 0.25) is 5.89 Å². The van der Waals surface area contributed by atoms with Crippen molar-refractivity contribution < 1.29 is 13.9 Å². The summed E-state index contributed by atoms with van der Waals surface area (Å²) in [7, 11) is 1.64. The first-order valence-electron chi connectivity index (χ1n) is 8.45. The van der Waals surface area contributed by atoms with Crippen LogP contribution in [0, 0.1) is 27.7 Å². The van der Waals surface area contributed by atoms with Crippen LogP contribution in [-0.2, 0) is 6.54 Å². The number of carbonyl (C=O) groups is 1. The molecule has 0 aliphatic rings. The molecule has 3 rings (SSSR count). The van der Waals surface area contributed by atoms with Crippen molar-refractivity contribution in [3.8, 4) is 11.4 Å². The molecule has 0 aliphatic carbocycles. The van der Waals surface area contributed by atoms with Crippen LogP contribution in [0.4, 0.5) is 0 Å². The maximum atomic E-state index is 12.6. The van der Waals surface area contributed by atoms with Gasteiger partial charge in [-0.25, -0.2) is 4.98 Å². The van der Waals surface area contributed by atoms with Crippen molar-refractivity contribution in [1.29, 1.82) is 0 Å². The topological polar surface area (TPSA) is 69.3 Å². The van der Waals surface area contributed by atoms with E-state index in [1.165, 1.54) is 0 Å². The van der Waals surface area contributed by atoms with Crippen LogP contribution in [0.2, 0.25) is 0 Å². The second-order valence-corrected chi connectivity index (χ2v) is 6.25. The Bertz CT molecular complexity index is 917. The number of methoxy groups -OCH3 is 1. The fourth-order valence-corrected chi connectivity index (χ4v) is 2.99. The van der Waals surface area contributed by atoms with Gasteiger partial charge in [-0.1, -0.05) is 0 Å². The third-order valence-corrected chi connectivity index (χ3v) is 4.48. The molecule has 136 valence electrons. The van der Waals surface area contributed by atoms with Crippen molar-refractivity contribution >= 4 is 5.91 Å². The van der Waals surface area contributed by atoms with E-state index >= 15 is 0 Å². The van der Waals surface area contributed by atoms with Crippen molar-refractivity contribution in [3.05, 3.63) is 64.6 Å².